The van der Waals surface area contributed by atoms with Gasteiger partial charge in [-0.1, -0.05) is 62.1 Å². The lowest BCUT2D eigenvalue weighted by molar-refractivity contribution is 0.456. The fraction of sp³-hybridized carbons (Fsp3) is 0.167. The van der Waals surface area contributed by atoms with Crippen molar-refractivity contribution < 1.29 is 4.74 Å². The van der Waals surface area contributed by atoms with Crippen LogP contribution in [0.1, 0.15) is 24.5 Å². The summed E-state index contributed by atoms with van der Waals surface area (Å²) in [6.07, 6.45) is 6.64. The molecule has 3 rings (SSSR count). The first kappa shape index (κ1) is 19.4. The fourth-order valence-corrected chi connectivity index (χ4v) is 2.90. The van der Waals surface area contributed by atoms with Crippen molar-refractivity contribution in [1.29, 1.82) is 0 Å². The second-order valence-electron chi connectivity index (χ2n) is 6.39. The zero-order chi connectivity index (χ0) is 19.9. The Labute approximate surface area is 165 Å². The molecule has 1 aromatic heterocycles. The summed E-state index contributed by atoms with van der Waals surface area (Å²) in [5, 5.41) is 4.75. The van der Waals surface area contributed by atoms with Crippen molar-refractivity contribution in [3.8, 4) is 23.0 Å². The van der Waals surface area contributed by atoms with Crippen LogP contribution in [0.2, 0.25) is 0 Å². The lowest BCUT2D eigenvalue weighted by Crippen LogP contribution is -2.33. The lowest BCUT2D eigenvalue weighted by atomic mass is 10.1. The van der Waals surface area contributed by atoms with Crippen molar-refractivity contribution in [2.75, 3.05) is 7.05 Å². The van der Waals surface area contributed by atoms with Gasteiger partial charge in [0, 0.05) is 18.8 Å². The van der Waals surface area contributed by atoms with Crippen molar-refractivity contribution in [1.82, 2.24) is 15.3 Å². The molecule has 0 radical (unpaired) electrons. The van der Waals surface area contributed by atoms with Crippen LogP contribution < -0.4 is 20.6 Å². The molecule has 0 saturated heterocycles. The average molecular weight is 371 g/mol. The van der Waals surface area contributed by atoms with Gasteiger partial charge in [0.2, 0.25) is 5.88 Å². The zero-order valence-corrected chi connectivity index (χ0v) is 16.6. The van der Waals surface area contributed by atoms with Crippen LogP contribution in [0.25, 0.3) is 29.7 Å². The minimum atomic E-state index is 0.516. The summed E-state index contributed by atoms with van der Waals surface area (Å²) >= 11 is 0. The van der Waals surface area contributed by atoms with E-state index in [4.69, 9.17) is 14.7 Å². The van der Waals surface area contributed by atoms with Crippen molar-refractivity contribution in [3.05, 3.63) is 76.8 Å². The van der Waals surface area contributed by atoms with Gasteiger partial charge in [0.25, 0.3) is 0 Å². The third-order valence-electron chi connectivity index (χ3n) is 4.34. The summed E-state index contributed by atoms with van der Waals surface area (Å²) in [7, 11) is 1.85. The van der Waals surface area contributed by atoms with E-state index in [1.54, 1.807) is 0 Å². The summed E-state index contributed by atoms with van der Waals surface area (Å²) < 4.78 is 6.22. The van der Waals surface area contributed by atoms with Crippen molar-refractivity contribution in [3.63, 3.8) is 0 Å². The second kappa shape index (κ2) is 9.00. The molecule has 0 saturated carbocycles. The third kappa shape index (κ3) is 4.29. The van der Waals surface area contributed by atoms with Crippen LogP contribution in [0.3, 0.4) is 0 Å². The van der Waals surface area contributed by atoms with E-state index in [1.165, 1.54) is 0 Å². The Kier molecular flexibility index (Phi) is 6.22. The van der Waals surface area contributed by atoms with Crippen LogP contribution in [0.5, 0.6) is 11.6 Å². The Balaban J connectivity index is 2.20. The van der Waals surface area contributed by atoms with E-state index in [2.05, 4.69) is 24.9 Å². The topological polar surface area (TPSA) is 47.0 Å². The Morgan fingerprint density at radius 1 is 1.11 bits per heavy atom. The molecule has 0 aliphatic carbocycles. The summed E-state index contributed by atoms with van der Waals surface area (Å²) in [6, 6.07) is 15.9. The van der Waals surface area contributed by atoms with Crippen LogP contribution in [0.4, 0.5) is 0 Å². The van der Waals surface area contributed by atoms with Crippen molar-refractivity contribution in [2.45, 2.75) is 20.3 Å². The molecule has 1 heterocycles. The molecule has 2 aromatic carbocycles. The summed E-state index contributed by atoms with van der Waals surface area (Å²) in [4.78, 5) is 9.49. The molecule has 142 valence electrons. The van der Waals surface area contributed by atoms with Crippen LogP contribution >= 0.6 is 0 Å². The number of hydrogen-bond donors (Lipinski definition) is 1. The van der Waals surface area contributed by atoms with Crippen LogP contribution in [0, 0.1) is 6.92 Å². The maximum Gasteiger partial charge on any atom is 0.232 e. The maximum absolute atomic E-state index is 6.22. The van der Waals surface area contributed by atoms with Crippen LogP contribution in [-0.2, 0) is 0 Å². The number of hydrogen-bond acceptors (Lipinski definition) is 4. The highest BCUT2D eigenvalue weighted by Crippen LogP contribution is 2.22. The molecule has 0 unspecified atom stereocenters. The molecule has 28 heavy (non-hydrogen) atoms. The van der Waals surface area contributed by atoms with Gasteiger partial charge in [-0.15, -0.1) is 0 Å². The van der Waals surface area contributed by atoms with Crippen LogP contribution in [0.15, 0.2) is 55.1 Å². The number of nitrogens with zero attached hydrogens (tertiary/aromatic N) is 2. The van der Waals surface area contributed by atoms with E-state index in [-0.39, 0.29) is 0 Å². The van der Waals surface area contributed by atoms with E-state index >= 15 is 0 Å². The molecule has 1 N–H and O–H groups in total. The number of aryl methyl sites for hydroxylation is 1. The van der Waals surface area contributed by atoms with E-state index < -0.39 is 0 Å². The molecule has 4 nitrogen and oxygen atoms in total. The fourth-order valence-electron chi connectivity index (χ4n) is 2.90. The molecule has 0 aliphatic rings. The molecular formula is C24H25N3O. The number of rotatable bonds is 6. The second-order valence-corrected chi connectivity index (χ2v) is 6.39. The SMILES string of the molecule is C=Cc1cc(Oc2nc(-c3ccccc3)nc(=C/CC)/c2=C\NC)ccc1C. The first-order chi connectivity index (χ1) is 13.7. The molecule has 0 amide bonds. The highest BCUT2D eigenvalue weighted by atomic mass is 16.5. The quantitative estimate of drug-likeness (QED) is 0.710. The predicted octanol–water partition coefficient (Wildman–Crippen LogP) is 4.04. The number of nitrogens with one attached hydrogen (secondary N) is 1. The molecule has 4 heteroatoms. The third-order valence-corrected chi connectivity index (χ3v) is 4.34. The molecule has 3 aromatic rings. The minimum Gasteiger partial charge on any atom is -0.438 e. The molecule has 0 fully saturated rings. The molecule has 0 spiro atoms. The monoisotopic (exact) mass is 371 g/mol. The highest BCUT2D eigenvalue weighted by Gasteiger charge is 2.10. The number of aromatic nitrogens is 2. The van der Waals surface area contributed by atoms with Gasteiger partial charge in [-0.25, -0.2) is 4.98 Å². The Hall–Kier alpha value is -3.40. The normalized spacial score (nSPS) is 12.1. The Bertz CT molecular complexity index is 1090. The van der Waals surface area contributed by atoms with Crippen molar-refractivity contribution >= 4 is 18.4 Å². The van der Waals surface area contributed by atoms with Crippen molar-refractivity contribution in [2.24, 2.45) is 0 Å². The van der Waals surface area contributed by atoms with Gasteiger partial charge < -0.3 is 10.1 Å². The Morgan fingerprint density at radius 2 is 1.89 bits per heavy atom. The summed E-state index contributed by atoms with van der Waals surface area (Å²) in [6.45, 7) is 8.01. The number of ether oxygens (including phenoxy) is 1. The maximum atomic E-state index is 6.22. The molecule has 0 bridgehead atoms. The van der Waals surface area contributed by atoms with Gasteiger partial charge >= 0.3 is 0 Å². The van der Waals surface area contributed by atoms with E-state index in [0.29, 0.717) is 17.5 Å². The van der Waals surface area contributed by atoms with E-state index in [1.807, 2.05) is 74.8 Å². The van der Waals surface area contributed by atoms with Gasteiger partial charge in [-0.05, 0) is 36.6 Å². The first-order valence-electron chi connectivity index (χ1n) is 9.38. The average Bonchev–Trinajstić information content (AvgIpc) is 2.72. The molecule has 0 aliphatic heterocycles. The smallest absolute Gasteiger partial charge is 0.232 e. The van der Waals surface area contributed by atoms with Gasteiger partial charge in [-0.3, -0.25) is 0 Å². The van der Waals surface area contributed by atoms with Gasteiger partial charge in [-0.2, -0.15) is 4.98 Å². The van der Waals surface area contributed by atoms with Gasteiger partial charge in [0.1, 0.15) is 5.75 Å². The molecule has 0 atom stereocenters. The van der Waals surface area contributed by atoms with Gasteiger partial charge in [0.05, 0.1) is 10.6 Å². The lowest BCUT2D eigenvalue weighted by Gasteiger charge is -2.10. The number of benzene rings is 2. The summed E-state index contributed by atoms with van der Waals surface area (Å²) in [5.74, 6) is 1.87. The van der Waals surface area contributed by atoms with E-state index in [0.717, 1.165) is 33.7 Å². The van der Waals surface area contributed by atoms with Crippen LogP contribution in [-0.4, -0.2) is 17.0 Å². The highest BCUT2D eigenvalue weighted by molar-refractivity contribution is 5.57. The summed E-state index contributed by atoms with van der Waals surface area (Å²) in [5.41, 5.74) is 3.14. The van der Waals surface area contributed by atoms with E-state index in [9.17, 15) is 0 Å². The largest absolute Gasteiger partial charge is 0.438 e. The minimum absolute atomic E-state index is 0.516. The zero-order valence-electron chi connectivity index (χ0n) is 16.6. The Morgan fingerprint density at radius 3 is 2.57 bits per heavy atom. The molecular weight excluding hydrogens is 346 g/mol. The van der Waals surface area contributed by atoms with Gasteiger partial charge in [0.15, 0.2) is 5.82 Å². The standard InChI is InChI=1S/C24H25N3O/c1-5-10-22-21(16-25-4)24(27-23(26-22)19-11-8-7-9-12-19)28-20-14-13-17(3)18(6-2)15-20/h6-16,25H,2,5H2,1,3-4H3/b21-16+,22-10+. The predicted molar refractivity (Wildman–Crippen MR) is 116 cm³/mol. The first-order valence-corrected chi connectivity index (χ1v) is 9.38.